The van der Waals surface area contributed by atoms with Crippen molar-refractivity contribution in [1.29, 1.82) is 0 Å². The van der Waals surface area contributed by atoms with Gasteiger partial charge in [0.05, 0.1) is 27.7 Å². The number of carbonyl (C=O) groups excluding carboxylic acids is 1. The molecule has 1 aromatic carbocycles. The fourth-order valence-corrected chi connectivity index (χ4v) is 1.58. The molecule has 112 valence electrons. The second-order valence-electron chi connectivity index (χ2n) is 4.07. The molecular weight excluding hydrogens is 299 g/mol. The Kier molecular flexibility index (Phi) is 4.02. The maximum absolute atomic E-state index is 12.7. The molecule has 9 nitrogen and oxygen atoms in total. The van der Waals surface area contributed by atoms with Gasteiger partial charge in [-0.15, -0.1) is 0 Å². The quantitative estimate of drug-likeness (QED) is 0.681. The summed E-state index contributed by atoms with van der Waals surface area (Å²) in [7, 11) is 0. The minimum Gasteiger partial charge on any atom is -0.307 e. The van der Waals surface area contributed by atoms with E-state index in [-0.39, 0.29) is 11.4 Å². The number of anilines is 1. The summed E-state index contributed by atoms with van der Waals surface area (Å²) in [6.45, 7) is 0. The van der Waals surface area contributed by atoms with E-state index in [2.05, 4.69) is 10.3 Å². The highest BCUT2D eigenvalue weighted by Crippen LogP contribution is 2.23. The van der Waals surface area contributed by atoms with Crippen molar-refractivity contribution < 1.29 is 19.0 Å². The molecule has 0 radical (unpaired) electrons. The van der Waals surface area contributed by atoms with Gasteiger partial charge in [0.1, 0.15) is 11.6 Å². The number of nitro benzene ring substituents is 2. The summed E-state index contributed by atoms with van der Waals surface area (Å²) in [5.41, 5.74) is -1.47. The van der Waals surface area contributed by atoms with Crippen molar-refractivity contribution >= 4 is 23.1 Å². The predicted octanol–water partition coefficient (Wildman–Crippen LogP) is 2.29. The van der Waals surface area contributed by atoms with Crippen LogP contribution in [0.25, 0.3) is 0 Å². The lowest BCUT2D eigenvalue weighted by Gasteiger charge is -2.04. The van der Waals surface area contributed by atoms with Crippen LogP contribution in [-0.2, 0) is 0 Å². The smallest absolute Gasteiger partial charge is 0.277 e. The SMILES string of the molecule is O=C(Nc1ccc(F)cn1)c1cc([N+](=O)[O-])cc([N+](=O)[O-])c1. The van der Waals surface area contributed by atoms with Gasteiger partial charge in [-0.1, -0.05) is 0 Å². The van der Waals surface area contributed by atoms with Crippen molar-refractivity contribution in [2.45, 2.75) is 0 Å². The zero-order chi connectivity index (χ0) is 16.3. The van der Waals surface area contributed by atoms with E-state index < -0.39 is 32.9 Å². The average molecular weight is 306 g/mol. The molecule has 22 heavy (non-hydrogen) atoms. The summed E-state index contributed by atoms with van der Waals surface area (Å²) in [4.78, 5) is 35.3. The third kappa shape index (κ3) is 3.36. The average Bonchev–Trinajstić information content (AvgIpc) is 2.49. The van der Waals surface area contributed by atoms with Crippen LogP contribution in [0.15, 0.2) is 36.5 Å². The molecular formula is C12H7FN4O5. The summed E-state index contributed by atoms with van der Waals surface area (Å²) in [6.07, 6.45) is 0.867. The van der Waals surface area contributed by atoms with Crippen molar-refractivity contribution in [2.75, 3.05) is 5.32 Å². The van der Waals surface area contributed by atoms with Crippen molar-refractivity contribution in [3.8, 4) is 0 Å². The standard InChI is InChI=1S/C12H7FN4O5/c13-8-1-2-11(14-6-8)15-12(18)7-3-9(16(19)20)5-10(4-7)17(21)22/h1-6H,(H,14,15,18). The van der Waals surface area contributed by atoms with Gasteiger partial charge in [-0.05, 0) is 12.1 Å². The first kappa shape index (κ1) is 15.0. The Morgan fingerprint density at radius 1 is 1.09 bits per heavy atom. The summed E-state index contributed by atoms with van der Waals surface area (Å²) in [5.74, 6) is -1.45. The molecule has 0 aliphatic carbocycles. The molecule has 1 aromatic heterocycles. The van der Waals surface area contributed by atoms with Crippen LogP contribution in [0.1, 0.15) is 10.4 Å². The molecule has 0 saturated carbocycles. The minimum absolute atomic E-state index is 0.000518. The van der Waals surface area contributed by atoms with Gasteiger partial charge in [0.15, 0.2) is 0 Å². The maximum Gasteiger partial charge on any atom is 0.277 e. The lowest BCUT2D eigenvalue weighted by Crippen LogP contribution is -2.13. The minimum atomic E-state index is -0.847. The van der Waals surface area contributed by atoms with E-state index in [1.54, 1.807) is 0 Å². The number of non-ortho nitro benzene ring substituents is 2. The largest absolute Gasteiger partial charge is 0.307 e. The van der Waals surface area contributed by atoms with E-state index in [1.165, 1.54) is 6.07 Å². The van der Waals surface area contributed by atoms with Gasteiger partial charge in [-0.25, -0.2) is 9.37 Å². The Hall–Kier alpha value is -3.43. The summed E-state index contributed by atoms with van der Waals surface area (Å²) in [5, 5.41) is 23.7. The molecule has 0 fully saturated rings. The highest BCUT2D eigenvalue weighted by atomic mass is 19.1. The molecule has 2 rings (SSSR count). The number of rotatable bonds is 4. The molecule has 0 spiro atoms. The third-order valence-corrected chi connectivity index (χ3v) is 2.56. The lowest BCUT2D eigenvalue weighted by molar-refractivity contribution is -0.394. The molecule has 0 aliphatic heterocycles. The van der Waals surface area contributed by atoms with E-state index >= 15 is 0 Å². The van der Waals surface area contributed by atoms with Gasteiger partial charge in [-0.3, -0.25) is 25.0 Å². The van der Waals surface area contributed by atoms with Gasteiger partial charge in [0, 0.05) is 12.1 Å². The number of nitrogens with one attached hydrogen (secondary N) is 1. The molecule has 1 amide bonds. The zero-order valence-electron chi connectivity index (χ0n) is 10.7. The molecule has 10 heteroatoms. The second kappa shape index (κ2) is 5.91. The molecule has 2 aromatic rings. The molecule has 0 aliphatic rings. The van der Waals surface area contributed by atoms with Crippen LogP contribution in [0.3, 0.4) is 0 Å². The van der Waals surface area contributed by atoms with Crippen molar-refractivity contribution in [1.82, 2.24) is 4.98 Å². The molecule has 1 heterocycles. The Morgan fingerprint density at radius 2 is 1.68 bits per heavy atom. The first-order valence-electron chi connectivity index (χ1n) is 5.73. The van der Waals surface area contributed by atoms with Crippen LogP contribution >= 0.6 is 0 Å². The summed E-state index contributed by atoms with van der Waals surface area (Å²) < 4.78 is 12.7. The zero-order valence-corrected chi connectivity index (χ0v) is 10.7. The highest BCUT2D eigenvalue weighted by molar-refractivity contribution is 6.04. The van der Waals surface area contributed by atoms with Crippen LogP contribution in [0.4, 0.5) is 21.6 Å². The number of hydrogen-bond donors (Lipinski definition) is 1. The number of nitro groups is 2. The highest BCUT2D eigenvalue weighted by Gasteiger charge is 2.20. The third-order valence-electron chi connectivity index (χ3n) is 2.56. The topological polar surface area (TPSA) is 128 Å². The number of carbonyl (C=O) groups is 1. The number of aromatic nitrogens is 1. The van der Waals surface area contributed by atoms with Crippen molar-refractivity contribution in [2.24, 2.45) is 0 Å². The summed E-state index contributed by atoms with van der Waals surface area (Å²) >= 11 is 0. The van der Waals surface area contributed by atoms with E-state index in [0.29, 0.717) is 0 Å². The number of benzene rings is 1. The fraction of sp³-hybridized carbons (Fsp3) is 0. The van der Waals surface area contributed by atoms with E-state index in [9.17, 15) is 29.4 Å². The van der Waals surface area contributed by atoms with Crippen LogP contribution in [0.2, 0.25) is 0 Å². The fourth-order valence-electron chi connectivity index (χ4n) is 1.58. The maximum atomic E-state index is 12.7. The van der Waals surface area contributed by atoms with Crippen LogP contribution in [-0.4, -0.2) is 20.7 Å². The Labute approximate surface area is 121 Å². The van der Waals surface area contributed by atoms with E-state index in [0.717, 1.165) is 30.5 Å². The Morgan fingerprint density at radius 3 is 2.14 bits per heavy atom. The van der Waals surface area contributed by atoms with Crippen LogP contribution < -0.4 is 5.32 Å². The number of nitrogens with zero attached hydrogens (tertiary/aromatic N) is 3. The van der Waals surface area contributed by atoms with Crippen LogP contribution in [0, 0.1) is 26.0 Å². The number of pyridine rings is 1. The van der Waals surface area contributed by atoms with Crippen LogP contribution in [0.5, 0.6) is 0 Å². The van der Waals surface area contributed by atoms with Gasteiger partial charge in [0.2, 0.25) is 0 Å². The van der Waals surface area contributed by atoms with Crippen molar-refractivity contribution in [3.63, 3.8) is 0 Å². The second-order valence-corrected chi connectivity index (χ2v) is 4.07. The Bertz CT molecular complexity index is 730. The van der Waals surface area contributed by atoms with Gasteiger partial charge in [-0.2, -0.15) is 0 Å². The molecule has 0 unspecified atom stereocenters. The van der Waals surface area contributed by atoms with E-state index in [1.807, 2.05) is 0 Å². The first-order valence-corrected chi connectivity index (χ1v) is 5.73. The molecule has 0 saturated heterocycles. The number of halogens is 1. The molecule has 0 bridgehead atoms. The number of hydrogen-bond acceptors (Lipinski definition) is 6. The Balaban J connectivity index is 2.34. The monoisotopic (exact) mass is 306 g/mol. The van der Waals surface area contributed by atoms with Gasteiger partial charge >= 0.3 is 0 Å². The lowest BCUT2D eigenvalue weighted by atomic mass is 10.1. The van der Waals surface area contributed by atoms with Crippen molar-refractivity contribution in [3.05, 3.63) is 68.1 Å². The van der Waals surface area contributed by atoms with Gasteiger partial charge < -0.3 is 5.32 Å². The predicted molar refractivity (Wildman–Crippen MR) is 71.9 cm³/mol. The summed E-state index contributed by atoms with van der Waals surface area (Å²) in [6, 6.07) is 4.77. The first-order chi connectivity index (χ1) is 10.4. The normalized spacial score (nSPS) is 10.0. The number of amides is 1. The molecule has 0 atom stereocenters. The molecule has 1 N–H and O–H groups in total. The van der Waals surface area contributed by atoms with E-state index in [4.69, 9.17) is 0 Å². The van der Waals surface area contributed by atoms with Gasteiger partial charge in [0.25, 0.3) is 17.3 Å².